The second-order valence-corrected chi connectivity index (χ2v) is 17.6. The molecule has 0 aliphatic carbocycles. The molecule has 2 aromatic heterocycles. The molecule has 4 bridgehead atoms. The molecular formula is C45H56N4O5. The lowest BCUT2D eigenvalue weighted by atomic mass is 9.62. The molecule has 3 fully saturated rings. The Morgan fingerprint density at radius 2 is 1.56 bits per heavy atom. The van der Waals surface area contributed by atoms with E-state index in [-0.39, 0.29) is 23.7 Å². The van der Waals surface area contributed by atoms with Crippen LogP contribution in [-0.4, -0.2) is 83.6 Å². The fourth-order valence-corrected chi connectivity index (χ4v) is 12.9. The van der Waals surface area contributed by atoms with Crippen LogP contribution >= 0.6 is 0 Å². The van der Waals surface area contributed by atoms with Gasteiger partial charge >= 0.3 is 0 Å². The maximum atomic E-state index is 12.7. The fourth-order valence-electron chi connectivity index (χ4n) is 12.9. The third-order valence-electron chi connectivity index (χ3n) is 15.5. The van der Waals surface area contributed by atoms with Gasteiger partial charge in [-0.05, 0) is 108 Å². The van der Waals surface area contributed by atoms with Gasteiger partial charge in [-0.2, -0.15) is 0 Å². The van der Waals surface area contributed by atoms with Crippen LogP contribution in [0, 0.1) is 29.6 Å². The van der Waals surface area contributed by atoms with Crippen LogP contribution in [0.5, 0.6) is 5.75 Å². The second-order valence-electron chi connectivity index (χ2n) is 17.6. The highest BCUT2D eigenvalue weighted by Crippen LogP contribution is 2.56. The third-order valence-corrected chi connectivity index (χ3v) is 15.5. The number of ether oxygens (including phenoxy) is 4. The number of carbonyl (C=O) groups is 1. The van der Waals surface area contributed by atoms with Gasteiger partial charge in [0.1, 0.15) is 5.75 Å². The third kappa shape index (κ3) is 4.74. The molecule has 286 valence electrons. The predicted octanol–water partition coefficient (Wildman–Crippen LogP) is 6.89. The summed E-state index contributed by atoms with van der Waals surface area (Å²) in [4.78, 5) is 18.0. The number of rotatable bonds is 6. The van der Waals surface area contributed by atoms with E-state index in [1.807, 2.05) is 7.11 Å². The van der Waals surface area contributed by atoms with Crippen LogP contribution < -0.4 is 4.74 Å². The van der Waals surface area contributed by atoms with Crippen molar-refractivity contribution in [3.05, 3.63) is 76.3 Å². The van der Waals surface area contributed by atoms with Crippen molar-refractivity contribution >= 4 is 27.6 Å². The SMILES string of the molecule is CCO[C@]1(C)OC[C@@H]2[C@@H](C[C@H]3c4c(c5ccccc5n4C)C[C@@H]2N3C)[C@@H]1Cc1cc2c3c(n(C)c2cc1OC)[C@@H]1C[C@H]2C(C(C)=O)=COC[C@H]2[C@H](C3)N1C. The normalized spacial score (nSPS) is 34.4. The van der Waals surface area contributed by atoms with Crippen LogP contribution in [0.2, 0.25) is 0 Å². The van der Waals surface area contributed by atoms with Crippen LogP contribution in [0.1, 0.15) is 73.8 Å². The summed E-state index contributed by atoms with van der Waals surface area (Å²) in [6.07, 6.45) is 6.57. The number of hydrogen-bond donors (Lipinski definition) is 0. The smallest absolute Gasteiger partial charge is 0.168 e. The van der Waals surface area contributed by atoms with Gasteiger partial charge < -0.3 is 28.1 Å². The summed E-state index contributed by atoms with van der Waals surface area (Å²) in [5, 5.41) is 2.74. The van der Waals surface area contributed by atoms with Crippen molar-refractivity contribution in [2.45, 2.75) is 82.8 Å². The molecule has 0 N–H and O–H groups in total. The fraction of sp³-hybridized carbons (Fsp3) is 0.578. The summed E-state index contributed by atoms with van der Waals surface area (Å²) in [5.41, 5.74) is 10.5. The standard InChI is InChI=1S/C45H56N4O5/c1-9-53-45(3)35(28-17-41-43-30(18-38(47(41)5)34(28)23-54-45)26-12-10-11-13-36(26)48(43)6)15-25-14-29-31-19-37-33-22-52-21-32(24(2)50)27(33)16-40(46(37)4)44(31)49(7)39(29)20-42(25)51-8/h10-14,20-21,27-28,33-35,37-38,40-41H,9,15-19,22-23H2,1-8H3/t27-,28+,33+,34+,35-,37-,38-,40-,41-,45+/m0/s1. The summed E-state index contributed by atoms with van der Waals surface area (Å²) in [6, 6.07) is 15.0. The molecule has 4 aromatic rings. The van der Waals surface area contributed by atoms with Gasteiger partial charge in [0.15, 0.2) is 11.6 Å². The highest BCUT2D eigenvalue weighted by Gasteiger charge is 2.57. The molecular weight excluding hydrogens is 677 g/mol. The van der Waals surface area contributed by atoms with E-state index < -0.39 is 5.79 Å². The van der Waals surface area contributed by atoms with Gasteiger partial charge in [0, 0.05) is 89.9 Å². The Balaban J connectivity index is 1.05. The summed E-state index contributed by atoms with van der Waals surface area (Å²) >= 11 is 0. The van der Waals surface area contributed by atoms with Gasteiger partial charge in [-0.15, -0.1) is 0 Å². The van der Waals surface area contributed by atoms with E-state index in [1.54, 1.807) is 13.2 Å². The number of benzene rings is 2. The second kappa shape index (κ2) is 12.4. The number of aryl methyl sites for hydroxylation is 2. The van der Waals surface area contributed by atoms with Crippen LogP contribution in [-0.2, 0) is 52.4 Å². The highest BCUT2D eigenvalue weighted by molar-refractivity contribution is 5.94. The minimum absolute atomic E-state index is 0.137. The van der Waals surface area contributed by atoms with Crippen molar-refractivity contribution in [3.8, 4) is 5.75 Å². The number of methoxy groups -OCH3 is 1. The number of allylic oxidation sites excluding steroid dienone is 1. The number of likely N-dealkylation sites (N-methyl/N-ethyl adjacent to an activating group) is 2. The number of nitrogens with zero attached hydrogens (tertiary/aromatic N) is 4. The Morgan fingerprint density at radius 1 is 0.870 bits per heavy atom. The van der Waals surface area contributed by atoms with Crippen LogP contribution in [0.3, 0.4) is 0 Å². The largest absolute Gasteiger partial charge is 0.500 e. The van der Waals surface area contributed by atoms with E-state index in [1.165, 1.54) is 49.9 Å². The van der Waals surface area contributed by atoms with Crippen LogP contribution in [0.4, 0.5) is 0 Å². The number of Topliss-reactive ketones (excluding diaryl/α,β-unsaturated/α-hetero) is 1. The number of aromatic nitrogens is 2. The van der Waals surface area contributed by atoms with Gasteiger partial charge in [-0.1, -0.05) is 18.2 Å². The summed E-state index contributed by atoms with van der Waals surface area (Å²) < 4.78 is 30.7. The first-order chi connectivity index (χ1) is 26.0. The van der Waals surface area contributed by atoms with Crippen molar-refractivity contribution in [1.82, 2.24) is 18.9 Å². The zero-order chi connectivity index (χ0) is 37.4. The molecule has 9 nitrogen and oxygen atoms in total. The minimum Gasteiger partial charge on any atom is -0.500 e. The van der Waals surface area contributed by atoms with Crippen LogP contribution in [0.25, 0.3) is 21.8 Å². The summed E-state index contributed by atoms with van der Waals surface area (Å²) in [7, 11) is 10.9. The average Bonchev–Trinajstić information content (AvgIpc) is 3.58. The molecule has 6 aliphatic rings. The van der Waals surface area contributed by atoms with Crippen molar-refractivity contribution in [2.75, 3.05) is 41.0 Å². The maximum Gasteiger partial charge on any atom is 0.168 e. The number of para-hydroxylation sites is 1. The quantitative estimate of drug-likeness (QED) is 0.214. The summed E-state index contributed by atoms with van der Waals surface area (Å²) in [6.45, 7) is 7.97. The Kier molecular flexibility index (Phi) is 8.02. The predicted molar refractivity (Wildman–Crippen MR) is 209 cm³/mol. The van der Waals surface area contributed by atoms with Gasteiger partial charge in [-0.25, -0.2) is 0 Å². The number of piperidine rings is 2. The van der Waals surface area contributed by atoms with E-state index in [0.717, 1.165) is 43.4 Å². The lowest BCUT2D eigenvalue weighted by Crippen LogP contribution is -2.62. The Bertz CT molecular complexity index is 2220. The van der Waals surface area contributed by atoms with E-state index >= 15 is 0 Å². The van der Waals surface area contributed by atoms with Crippen molar-refractivity contribution in [1.29, 1.82) is 0 Å². The molecule has 0 unspecified atom stereocenters. The molecule has 0 saturated carbocycles. The zero-order valence-electron chi connectivity index (χ0n) is 33.2. The van der Waals surface area contributed by atoms with E-state index in [9.17, 15) is 4.79 Å². The van der Waals surface area contributed by atoms with Crippen molar-refractivity contribution in [3.63, 3.8) is 0 Å². The number of ketones is 1. The lowest BCUT2D eigenvalue weighted by molar-refractivity contribution is -0.309. The first-order valence-electron chi connectivity index (χ1n) is 20.3. The Labute approximate surface area is 319 Å². The van der Waals surface area contributed by atoms with Crippen molar-refractivity contribution < 1.29 is 23.7 Å². The summed E-state index contributed by atoms with van der Waals surface area (Å²) in [5.74, 6) is 1.89. The highest BCUT2D eigenvalue weighted by atomic mass is 16.7. The maximum absolute atomic E-state index is 12.7. The molecule has 0 amide bonds. The Morgan fingerprint density at radius 3 is 2.28 bits per heavy atom. The van der Waals surface area contributed by atoms with Crippen molar-refractivity contribution in [2.24, 2.45) is 43.7 Å². The molecule has 10 atom stereocenters. The number of hydrogen-bond acceptors (Lipinski definition) is 7. The first kappa shape index (κ1) is 34.8. The van der Waals surface area contributed by atoms with E-state index in [4.69, 9.17) is 18.9 Å². The van der Waals surface area contributed by atoms with Gasteiger partial charge in [0.25, 0.3) is 0 Å². The molecule has 54 heavy (non-hydrogen) atoms. The zero-order valence-corrected chi connectivity index (χ0v) is 33.2. The molecule has 3 saturated heterocycles. The van der Waals surface area contributed by atoms with Gasteiger partial charge in [-0.3, -0.25) is 14.6 Å². The van der Waals surface area contributed by atoms with Crippen LogP contribution in [0.15, 0.2) is 48.2 Å². The van der Waals surface area contributed by atoms with Gasteiger partial charge in [0.05, 0.1) is 44.2 Å². The van der Waals surface area contributed by atoms with Gasteiger partial charge in [0.2, 0.25) is 0 Å². The average molecular weight is 733 g/mol. The lowest BCUT2D eigenvalue weighted by Gasteiger charge is -2.58. The minimum atomic E-state index is -0.699. The first-order valence-corrected chi connectivity index (χ1v) is 20.3. The molecule has 0 radical (unpaired) electrons. The molecule has 2 aromatic carbocycles. The Hall–Kier alpha value is -3.63. The topological polar surface area (TPSA) is 70.3 Å². The van der Waals surface area contributed by atoms with E-state index in [0.29, 0.717) is 55.7 Å². The van der Waals surface area contributed by atoms with E-state index in [2.05, 4.69) is 97.4 Å². The molecule has 9 heteroatoms. The number of fused-ring (bicyclic) bond motifs is 16. The molecule has 0 spiro atoms. The monoisotopic (exact) mass is 732 g/mol. The molecule has 10 rings (SSSR count). The molecule has 6 aliphatic heterocycles. The molecule has 8 heterocycles. The number of carbonyl (C=O) groups excluding carboxylic acids is 1.